The van der Waals surface area contributed by atoms with Gasteiger partial charge in [0.05, 0.1) is 12.9 Å². The van der Waals surface area contributed by atoms with Gasteiger partial charge in [0, 0.05) is 16.7 Å². The minimum Gasteiger partial charge on any atom is -0.383 e. The molecule has 1 N–H and O–H groups in total. The number of thioether (sulfide) groups is 1. The molecule has 2 aliphatic heterocycles. The molecule has 3 unspecified atom stereocenters. The summed E-state index contributed by atoms with van der Waals surface area (Å²) >= 11 is 8.46. The maximum Gasteiger partial charge on any atom is 0.346 e. The summed E-state index contributed by atoms with van der Waals surface area (Å²) in [5.41, 5.74) is 1.38. The summed E-state index contributed by atoms with van der Waals surface area (Å²) in [6, 6.07) is 0. The van der Waals surface area contributed by atoms with E-state index in [9.17, 15) is 4.79 Å². The predicted molar refractivity (Wildman–Crippen MR) is 196 cm³/mol. The van der Waals surface area contributed by atoms with E-state index in [-0.39, 0.29) is 51.8 Å². The van der Waals surface area contributed by atoms with Crippen LogP contribution in [-0.4, -0.2) is 83.3 Å². The number of fused-ring (bicyclic) bond motifs is 2. The van der Waals surface area contributed by atoms with Gasteiger partial charge in [0.1, 0.15) is 32.1 Å². The van der Waals surface area contributed by atoms with Crippen LogP contribution >= 0.6 is 23.4 Å². The van der Waals surface area contributed by atoms with E-state index >= 15 is 4.39 Å². The SMILES string of the molecule is CC(C)SC(C)CCC(C)[Si]1(C(C)C)O[C@H](C)OC[C@H]2O[C@@H](n3cnc4c(Cl)nc(NC(=O)C(C)C)nc43)[C@@](F)(C#C[Si](C)(C)C)[C@@H]2O1. The van der Waals surface area contributed by atoms with E-state index < -0.39 is 47.0 Å². The second kappa shape index (κ2) is 15.3. The highest BCUT2D eigenvalue weighted by atomic mass is 35.5. The summed E-state index contributed by atoms with van der Waals surface area (Å²) in [7, 11) is -5.29. The molecular formula is C33H53ClFN5O5SSi2. The average molecular weight is 743 g/mol. The summed E-state index contributed by atoms with van der Waals surface area (Å²) in [5.74, 6) is 2.42. The second-order valence-corrected chi connectivity index (χ2v) is 26.2. The lowest BCUT2D eigenvalue weighted by Gasteiger charge is -2.46. The Bertz CT molecular complexity index is 1520. The van der Waals surface area contributed by atoms with Crippen LogP contribution in [0.15, 0.2) is 6.33 Å². The van der Waals surface area contributed by atoms with Crippen LogP contribution in [0.5, 0.6) is 0 Å². The van der Waals surface area contributed by atoms with Crippen LogP contribution in [0, 0.1) is 17.4 Å². The predicted octanol–water partition coefficient (Wildman–Crippen LogP) is 7.89. The summed E-state index contributed by atoms with van der Waals surface area (Å²) in [6.07, 6.45) is -0.521. The third-order valence-corrected chi connectivity index (χ3v) is 15.6. The first-order valence-corrected chi connectivity index (χ1v) is 23.8. The molecule has 268 valence electrons. The van der Waals surface area contributed by atoms with E-state index in [4.69, 9.17) is 29.9 Å². The molecule has 0 spiro atoms. The first-order valence-electron chi connectivity index (χ1n) is 17.0. The maximum atomic E-state index is 18.3. The Hall–Kier alpha value is -1.58. The van der Waals surface area contributed by atoms with E-state index in [0.717, 1.165) is 12.8 Å². The molecule has 8 atom stereocenters. The number of alkyl halides is 1. The zero-order valence-electron chi connectivity index (χ0n) is 30.4. The number of nitrogens with zero attached hydrogens (tertiary/aromatic N) is 4. The Morgan fingerprint density at radius 3 is 2.46 bits per heavy atom. The first kappa shape index (κ1) is 39.2. The van der Waals surface area contributed by atoms with Crippen LogP contribution in [0.2, 0.25) is 35.9 Å². The zero-order valence-corrected chi connectivity index (χ0v) is 34.0. The normalized spacial score (nSPS) is 29.4. The molecule has 2 fully saturated rings. The Labute approximate surface area is 296 Å². The molecule has 4 heterocycles. The highest BCUT2D eigenvalue weighted by molar-refractivity contribution is 8.00. The van der Waals surface area contributed by atoms with Crippen molar-refractivity contribution in [1.29, 1.82) is 0 Å². The van der Waals surface area contributed by atoms with Crippen molar-refractivity contribution in [3.05, 3.63) is 11.5 Å². The number of carbonyl (C=O) groups excluding carboxylic acids is 1. The molecule has 0 bridgehead atoms. The van der Waals surface area contributed by atoms with Crippen molar-refractivity contribution in [2.45, 2.75) is 147 Å². The summed E-state index contributed by atoms with van der Waals surface area (Å²) in [4.78, 5) is 25.7. The van der Waals surface area contributed by atoms with Gasteiger partial charge < -0.3 is 18.3 Å². The number of carbonyl (C=O) groups is 1. The largest absolute Gasteiger partial charge is 0.383 e. The van der Waals surface area contributed by atoms with Gasteiger partial charge in [-0.05, 0) is 30.6 Å². The summed E-state index contributed by atoms with van der Waals surface area (Å²) < 4.78 is 46.5. The minimum absolute atomic E-state index is 0.0127. The monoisotopic (exact) mass is 741 g/mol. The molecule has 4 rings (SSSR count). The van der Waals surface area contributed by atoms with Crippen molar-refractivity contribution < 1.29 is 27.5 Å². The Kier molecular flexibility index (Phi) is 12.5. The summed E-state index contributed by atoms with van der Waals surface area (Å²) in [6.45, 7) is 24.6. The topological polar surface area (TPSA) is 110 Å². The molecule has 15 heteroatoms. The van der Waals surface area contributed by atoms with Gasteiger partial charge in [-0.25, -0.2) is 9.37 Å². The third kappa shape index (κ3) is 8.65. The molecule has 0 radical (unpaired) electrons. The van der Waals surface area contributed by atoms with Crippen LogP contribution in [0.1, 0.15) is 81.4 Å². The maximum absolute atomic E-state index is 18.3. The number of imidazole rings is 1. The van der Waals surface area contributed by atoms with E-state index in [0.29, 0.717) is 10.5 Å². The number of anilines is 1. The molecule has 48 heavy (non-hydrogen) atoms. The second-order valence-electron chi connectivity index (χ2n) is 15.0. The zero-order chi connectivity index (χ0) is 35.8. The first-order chi connectivity index (χ1) is 22.3. The standard InChI is InChI=1S/C33H53ClFN5O5SSi2/c1-19(2)30(41)39-32-37-28(34)26-29(38-32)40(18-36-26)31-33(35,15-16-47(10,11)12)27-25(43-31)17-42-24(9)44-48(45-27,21(5)6)23(8)14-13-22(7)46-20(3)4/h18-25,27,31H,13-14,17H2,1-12H3,(H,37,38,39,41)/t22?,23?,24-,25-,27-,31-,33-,48?/m1/s1. The fourth-order valence-electron chi connectivity index (χ4n) is 6.13. The number of rotatable bonds is 10. The number of halogens is 2. The molecule has 0 saturated carbocycles. The molecule has 2 saturated heterocycles. The number of ether oxygens (including phenoxy) is 2. The van der Waals surface area contributed by atoms with Crippen LogP contribution in [0.25, 0.3) is 11.2 Å². The molecular weight excluding hydrogens is 689 g/mol. The number of hydrogen-bond acceptors (Lipinski definition) is 9. The molecule has 2 aromatic rings. The Morgan fingerprint density at radius 1 is 1.17 bits per heavy atom. The van der Waals surface area contributed by atoms with Gasteiger partial charge in [0.2, 0.25) is 17.5 Å². The van der Waals surface area contributed by atoms with E-state index in [1.807, 2.05) is 18.7 Å². The smallest absolute Gasteiger partial charge is 0.346 e. The molecule has 0 aliphatic carbocycles. The number of nitrogens with one attached hydrogen (secondary N) is 1. The molecule has 0 aromatic carbocycles. The van der Waals surface area contributed by atoms with Crippen molar-refractivity contribution >= 4 is 63.0 Å². The van der Waals surface area contributed by atoms with Crippen LogP contribution in [0.4, 0.5) is 10.3 Å². The van der Waals surface area contributed by atoms with Gasteiger partial charge in [-0.3, -0.25) is 14.7 Å². The quantitative estimate of drug-likeness (QED) is 0.148. The minimum atomic E-state index is -3.21. The lowest BCUT2D eigenvalue weighted by molar-refractivity contribution is -0.157. The summed E-state index contributed by atoms with van der Waals surface area (Å²) in [5, 5.41) is 3.69. The lowest BCUT2D eigenvalue weighted by Crippen LogP contribution is -2.60. The Balaban J connectivity index is 1.83. The van der Waals surface area contributed by atoms with Crippen molar-refractivity contribution in [1.82, 2.24) is 19.5 Å². The van der Waals surface area contributed by atoms with Gasteiger partial charge in [-0.1, -0.05) is 92.6 Å². The molecule has 10 nitrogen and oxygen atoms in total. The van der Waals surface area contributed by atoms with E-state index in [1.165, 1.54) is 10.9 Å². The molecule has 2 aromatic heterocycles. The van der Waals surface area contributed by atoms with Crippen LogP contribution < -0.4 is 5.32 Å². The Morgan fingerprint density at radius 2 is 1.85 bits per heavy atom. The van der Waals surface area contributed by atoms with Crippen LogP contribution in [0.3, 0.4) is 0 Å². The van der Waals surface area contributed by atoms with Gasteiger partial charge >= 0.3 is 8.56 Å². The lowest BCUT2D eigenvalue weighted by atomic mass is 9.97. The number of aromatic nitrogens is 4. The molecule has 2 aliphatic rings. The van der Waals surface area contributed by atoms with Gasteiger partial charge in [0.25, 0.3) is 0 Å². The number of hydrogen-bond donors (Lipinski definition) is 1. The van der Waals surface area contributed by atoms with Gasteiger partial charge in [0.15, 0.2) is 17.0 Å². The fraction of sp³-hybridized carbons (Fsp3) is 0.758. The van der Waals surface area contributed by atoms with Crippen molar-refractivity contribution in [2.24, 2.45) is 5.92 Å². The van der Waals surface area contributed by atoms with Crippen molar-refractivity contribution in [3.63, 3.8) is 0 Å². The van der Waals surface area contributed by atoms with E-state index in [1.54, 1.807) is 13.8 Å². The van der Waals surface area contributed by atoms with Crippen molar-refractivity contribution in [2.75, 3.05) is 11.9 Å². The number of amides is 1. The third-order valence-electron chi connectivity index (χ3n) is 8.59. The molecule has 1 amide bonds. The van der Waals surface area contributed by atoms with Gasteiger partial charge in [-0.2, -0.15) is 21.7 Å². The highest BCUT2D eigenvalue weighted by Crippen LogP contribution is 2.50. The van der Waals surface area contributed by atoms with Gasteiger partial charge in [-0.15, -0.1) is 5.54 Å². The van der Waals surface area contributed by atoms with Crippen molar-refractivity contribution in [3.8, 4) is 11.5 Å². The fourth-order valence-corrected chi connectivity index (χ4v) is 12.2. The average Bonchev–Trinajstić information content (AvgIpc) is 3.50. The van der Waals surface area contributed by atoms with Crippen LogP contribution in [-0.2, 0) is 23.1 Å². The highest BCUT2D eigenvalue weighted by Gasteiger charge is 2.64. The van der Waals surface area contributed by atoms with E-state index in [2.05, 4.69) is 92.9 Å².